The largest absolute Gasteiger partial charge is 0.351 e. The molecule has 5 heteroatoms. The number of hydrogen-bond acceptors (Lipinski definition) is 3. The first-order valence-corrected chi connectivity index (χ1v) is 4.06. The van der Waals surface area contributed by atoms with Gasteiger partial charge in [-0.3, -0.25) is 9.59 Å². The summed E-state index contributed by atoms with van der Waals surface area (Å²) in [6.07, 6.45) is 0.631. The van der Waals surface area contributed by atoms with Crippen LogP contribution < -0.4 is 10.9 Å². The fourth-order valence-electron chi connectivity index (χ4n) is 1.44. The number of carbonyl (C=O) groups is 1. The first kappa shape index (κ1) is 7.97. The van der Waals surface area contributed by atoms with Crippen molar-refractivity contribution in [3.8, 4) is 0 Å². The van der Waals surface area contributed by atoms with Gasteiger partial charge in [-0.1, -0.05) is 0 Å². The van der Waals surface area contributed by atoms with E-state index < -0.39 is 0 Å². The Bertz CT molecular complexity index is 422. The smallest absolute Gasteiger partial charge is 0.264 e. The number of carbonyl (C=O) groups excluding carboxylic acids is 1. The summed E-state index contributed by atoms with van der Waals surface area (Å²) in [5.41, 5.74) is 0.418. The van der Waals surface area contributed by atoms with Gasteiger partial charge in [-0.25, -0.2) is 4.98 Å². The minimum atomic E-state index is -0.347. The number of fused-ring (bicyclic) bond motifs is 1. The molecule has 0 unspecified atom stereocenters. The molecule has 0 saturated heterocycles. The Morgan fingerprint density at radius 2 is 2.15 bits per heavy atom. The number of aromatic amines is 1. The van der Waals surface area contributed by atoms with Crippen molar-refractivity contribution < 1.29 is 4.79 Å². The van der Waals surface area contributed by atoms with Crippen molar-refractivity contribution in [2.24, 2.45) is 0 Å². The highest BCUT2D eigenvalue weighted by molar-refractivity contribution is 5.95. The molecule has 1 amide bonds. The molecule has 0 spiro atoms. The van der Waals surface area contributed by atoms with Crippen LogP contribution in [0, 0.1) is 6.92 Å². The van der Waals surface area contributed by atoms with Crippen molar-refractivity contribution in [2.75, 3.05) is 6.54 Å². The minimum Gasteiger partial charge on any atom is -0.351 e. The summed E-state index contributed by atoms with van der Waals surface area (Å²) in [6.45, 7) is 2.26. The summed E-state index contributed by atoms with van der Waals surface area (Å²) in [7, 11) is 0. The number of nitrogens with one attached hydrogen (secondary N) is 2. The molecule has 0 aromatic carbocycles. The van der Waals surface area contributed by atoms with Gasteiger partial charge in [0.1, 0.15) is 11.4 Å². The highest BCUT2D eigenvalue weighted by Crippen LogP contribution is 2.05. The third-order valence-electron chi connectivity index (χ3n) is 1.99. The number of hydrogen-bond donors (Lipinski definition) is 2. The van der Waals surface area contributed by atoms with Gasteiger partial charge in [0.2, 0.25) is 0 Å². The number of nitrogens with zero attached hydrogens (tertiary/aromatic N) is 1. The predicted molar refractivity (Wildman–Crippen MR) is 45.6 cm³/mol. The summed E-state index contributed by atoms with van der Waals surface area (Å²) >= 11 is 0. The molecule has 0 atom stereocenters. The van der Waals surface area contributed by atoms with Crippen molar-refractivity contribution in [1.82, 2.24) is 15.3 Å². The summed E-state index contributed by atoms with van der Waals surface area (Å²) in [6, 6.07) is 0. The third kappa shape index (κ3) is 1.22. The van der Waals surface area contributed by atoms with E-state index in [1.165, 1.54) is 0 Å². The van der Waals surface area contributed by atoms with Gasteiger partial charge < -0.3 is 10.3 Å². The molecule has 0 saturated carbocycles. The van der Waals surface area contributed by atoms with E-state index in [9.17, 15) is 9.59 Å². The van der Waals surface area contributed by atoms with Crippen LogP contribution in [0.5, 0.6) is 0 Å². The van der Waals surface area contributed by atoms with Crippen LogP contribution in [0.4, 0.5) is 0 Å². The summed E-state index contributed by atoms with van der Waals surface area (Å²) in [5.74, 6) is 0.230. The quantitative estimate of drug-likeness (QED) is 0.556. The Morgan fingerprint density at radius 3 is 2.92 bits per heavy atom. The van der Waals surface area contributed by atoms with Crippen LogP contribution in [0.15, 0.2) is 4.79 Å². The lowest BCUT2D eigenvalue weighted by atomic mass is 10.1. The number of aromatic nitrogens is 2. The molecule has 2 rings (SSSR count). The highest BCUT2D eigenvalue weighted by atomic mass is 16.2. The molecular formula is C8H9N3O2. The summed E-state index contributed by atoms with van der Waals surface area (Å²) in [5, 5.41) is 2.60. The van der Waals surface area contributed by atoms with Gasteiger partial charge in [-0.15, -0.1) is 0 Å². The first-order valence-electron chi connectivity index (χ1n) is 4.06. The second kappa shape index (κ2) is 2.69. The zero-order chi connectivity index (χ0) is 9.42. The van der Waals surface area contributed by atoms with E-state index in [0.29, 0.717) is 24.5 Å². The average molecular weight is 179 g/mol. The lowest BCUT2D eigenvalue weighted by molar-refractivity contribution is 0.0943. The van der Waals surface area contributed by atoms with Crippen LogP contribution >= 0.6 is 0 Å². The molecule has 1 aromatic rings. The van der Waals surface area contributed by atoms with E-state index in [1.54, 1.807) is 6.92 Å². The highest BCUT2D eigenvalue weighted by Gasteiger charge is 2.21. The number of H-pyrrole nitrogens is 1. The predicted octanol–water partition coefficient (Wildman–Crippen LogP) is -0.636. The van der Waals surface area contributed by atoms with Gasteiger partial charge in [-0.2, -0.15) is 0 Å². The van der Waals surface area contributed by atoms with Gasteiger partial charge in [0.25, 0.3) is 11.5 Å². The van der Waals surface area contributed by atoms with Crippen LogP contribution in [0.1, 0.15) is 21.9 Å². The van der Waals surface area contributed by atoms with E-state index in [2.05, 4.69) is 15.3 Å². The van der Waals surface area contributed by atoms with Gasteiger partial charge in [-0.05, 0) is 6.92 Å². The number of aryl methyl sites for hydroxylation is 1. The van der Waals surface area contributed by atoms with Crippen LogP contribution in [0.2, 0.25) is 0 Å². The maximum absolute atomic E-state index is 11.3. The maximum atomic E-state index is 11.3. The fourth-order valence-corrected chi connectivity index (χ4v) is 1.44. The van der Waals surface area contributed by atoms with Crippen molar-refractivity contribution in [3.05, 3.63) is 27.4 Å². The van der Waals surface area contributed by atoms with Crippen molar-refractivity contribution in [1.29, 1.82) is 0 Å². The molecule has 1 aliphatic heterocycles. The molecule has 2 N–H and O–H groups in total. The van der Waals surface area contributed by atoms with Crippen molar-refractivity contribution in [3.63, 3.8) is 0 Å². The number of amides is 1. The summed E-state index contributed by atoms with van der Waals surface area (Å²) < 4.78 is 0. The Hall–Kier alpha value is -1.65. The zero-order valence-corrected chi connectivity index (χ0v) is 7.18. The molecule has 0 aliphatic carbocycles. The molecule has 5 nitrogen and oxygen atoms in total. The molecule has 0 fully saturated rings. The van der Waals surface area contributed by atoms with E-state index >= 15 is 0 Å². The third-order valence-corrected chi connectivity index (χ3v) is 1.99. The molecule has 0 radical (unpaired) electrons. The van der Waals surface area contributed by atoms with Crippen LogP contribution in [0.3, 0.4) is 0 Å². The molecule has 0 bridgehead atoms. The maximum Gasteiger partial charge on any atom is 0.264 e. The van der Waals surface area contributed by atoms with E-state index in [-0.39, 0.29) is 17.0 Å². The molecule has 13 heavy (non-hydrogen) atoms. The molecule has 68 valence electrons. The minimum absolute atomic E-state index is 0.164. The molecule has 1 aliphatic rings. The standard InChI is InChI=1S/C8H9N3O2/c1-4-10-5-2-3-9-7(12)6(5)8(13)11-4/h2-3H2,1H3,(H,9,12)(H,10,11,13). The van der Waals surface area contributed by atoms with E-state index in [4.69, 9.17) is 0 Å². The number of rotatable bonds is 0. The van der Waals surface area contributed by atoms with Crippen molar-refractivity contribution in [2.45, 2.75) is 13.3 Å². The van der Waals surface area contributed by atoms with E-state index in [0.717, 1.165) is 0 Å². The lowest BCUT2D eigenvalue weighted by Gasteiger charge is -2.14. The Kier molecular flexibility index (Phi) is 1.65. The summed E-state index contributed by atoms with van der Waals surface area (Å²) in [4.78, 5) is 29.2. The molecule has 1 aromatic heterocycles. The van der Waals surface area contributed by atoms with E-state index in [1.807, 2.05) is 0 Å². The van der Waals surface area contributed by atoms with Crippen LogP contribution in [-0.2, 0) is 6.42 Å². The Balaban J connectivity index is 2.70. The first-order chi connectivity index (χ1) is 6.18. The van der Waals surface area contributed by atoms with Gasteiger partial charge in [0.15, 0.2) is 0 Å². The Labute approximate surface area is 74.2 Å². The average Bonchev–Trinajstić information content (AvgIpc) is 2.02. The van der Waals surface area contributed by atoms with Gasteiger partial charge >= 0.3 is 0 Å². The topological polar surface area (TPSA) is 74.8 Å². The zero-order valence-electron chi connectivity index (χ0n) is 7.18. The lowest BCUT2D eigenvalue weighted by Crippen LogP contribution is -2.38. The SMILES string of the molecule is Cc1nc2c(c(=O)[nH]1)C(=O)NCC2. The Morgan fingerprint density at radius 1 is 1.38 bits per heavy atom. The second-order valence-electron chi connectivity index (χ2n) is 2.98. The normalized spacial score (nSPS) is 15.0. The second-order valence-corrected chi connectivity index (χ2v) is 2.98. The van der Waals surface area contributed by atoms with Gasteiger partial charge in [0, 0.05) is 13.0 Å². The van der Waals surface area contributed by atoms with Gasteiger partial charge in [0.05, 0.1) is 5.69 Å². The monoisotopic (exact) mass is 179 g/mol. The molecule has 2 heterocycles. The van der Waals surface area contributed by atoms with Crippen LogP contribution in [-0.4, -0.2) is 22.4 Å². The van der Waals surface area contributed by atoms with Crippen molar-refractivity contribution >= 4 is 5.91 Å². The van der Waals surface area contributed by atoms with Crippen LogP contribution in [0.25, 0.3) is 0 Å². The molecular weight excluding hydrogens is 170 g/mol. The fraction of sp³-hybridized carbons (Fsp3) is 0.375.